The van der Waals surface area contributed by atoms with Crippen molar-refractivity contribution in [2.75, 3.05) is 5.43 Å². The van der Waals surface area contributed by atoms with Crippen molar-refractivity contribution < 1.29 is 5.11 Å². The number of anilines is 1. The number of hydrogen-bond donors (Lipinski definition) is 2. The van der Waals surface area contributed by atoms with Crippen LogP contribution in [0.5, 0.6) is 5.75 Å². The van der Waals surface area contributed by atoms with E-state index in [1.54, 1.807) is 54.9 Å². The zero-order chi connectivity index (χ0) is 23.0. The topological polar surface area (TPSA) is 106 Å². The first-order valence-corrected chi connectivity index (χ1v) is 10.1. The molecule has 164 valence electrons. The average molecular weight is 453 g/mol. The Morgan fingerprint density at radius 3 is 2.47 bits per heavy atom. The summed E-state index contributed by atoms with van der Waals surface area (Å²) in [6.45, 7) is 2.04. The molecule has 10 heteroatoms. The molecular formula is C22H21ClN6O3. The summed E-state index contributed by atoms with van der Waals surface area (Å²) in [6, 6.07) is 14.1. The van der Waals surface area contributed by atoms with Crippen LogP contribution in [0.2, 0.25) is 5.02 Å². The minimum Gasteiger partial charge on any atom is -0.507 e. The summed E-state index contributed by atoms with van der Waals surface area (Å²) in [6.07, 6.45) is 0. The summed E-state index contributed by atoms with van der Waals surface area (Å²) in [5.41, 5.74) is 4.43. The summed E-state index contributed by atoms with van der Waals surface area (Å²) >= 11 is 6.00. The average Bonchev–Trinajstić information content (AvgIpc) is 3.14. The van der Waals surface area contributed by atoms with Crippen molar-refractivity contribution in [1.29, 1.82) is 0 Å². The van der Waals surface area contributed by atoms with Crippen LogP contribution < -0.4 is 16.7 Å². The molecular weight excluding hydrogens is 432 g/mol. The van der Waals surface area contributed by atoms with E-state index in [9.17, 15) is 14.7 Å². The molecule has 4 aromatic rings. The molecule has 0 aliphatic carbocycles. The van der Waals surface area contributed by atoms with Crippen LogP contribution in [0.1, 0.15) is 18.1 Å². The normalized spacial score (nSPS) is 11.8. The molecule has 0 unspecified atom stereocenters. The van der Waals surface area contributed by atoms with Gasteiger partial charge < -0.3 is 5.11 Å². The molecule has 0 radical (unpaired) electrons. The third-order valence-electron chi connectivity index (χ3n) is 5.22. The number of phenolic OH excluding ortho intramolecular Hbond substituents is 1. The van der Waals surface area contributed by atoms with Crippen LogP contribution in [0.25, 0.3) is 11.2 Å². The Hall–Kier alpha value is -3.85. The number of hydrogen-bond acceptors (Lipinski definition) is 6. The maximum absolute atomic E-state index is 13.0. The summed E-state index contributed by atoms with van der Waals surface area (Å²) in [5, 5.41) is 15.0. The number of phenols is 1. The number of aromatic hydroxyl groups is 1. The van der Waals surface area contributed by atoms with Crippen LogP contribution in [0.15, 0.2) is 63.2 Å². The van der Waals surface area contributed by atoms with Crippen molar-refractivity contribution >= 4 is 34.4 Å². The fourth-order valence-electron chi connectivity index (χ4n) is 3.43. The van der Waals surface area contributed by atoms with E-state index in [-0.39, 0.29) is 22.9 Å². The predicted molar refractivity (Wildman–Crippen MR) is 125 cm³/mol. The zero-order valence-corrected chi connectivity index (χ0v) is 18.5. The molecule has 9 nitrogen and oxygen atoms in total. The molecule has 2 N–H and O–H groups in total. The molecule has 0 aliphatic rings. The van der Waals surface area contributed by atoms with Gasteiger partial charge in [0.25, 0.3) is 5.56 Å². The van der Waals surface area contributed by atoms with Crippen molar-refractivity contribution in [3.63, 3.8) is 0 Å². The number of fused-ring (bicyclic) bond motifs is 1. The number of hydrazone groups is 1. The smallest absolute Gasteiger partial charge is 0.332 e. The molecule has 0 atom stereocenters. The Balaban J connectivity index is 1.86. The van der Waals surface area contributed by atoms with Crippen LogP contribution >= 0.6 is 11.6 Å². The minimum atomic E-state index is -0.473. The number of benzene rings is 2. The first-order valence-electron chi connectivity index (χ1n) is 9.77. The number of halogens is 1. The van der Waals surface area contributed by atoms with Crippen LogP contribution in [0.3, 0.4) is 0 Å². The first-order chi connectivity index (χ1) is 15.3. The van der Waals surface area contributed by atoms with Gasteiger partial charge in [-0.1, -0.05) is 35.9 Å². The van der Waals surface area contributed by atoms with Gasteiger partial charge in [-0.05, 0) is 36.8 Å². The SMILES string of the molecule is C/C(=N/Nc1nc2c(c(=O)n(C)c(=O)n2C)n1Cc1ccc(Cl)cc1)c1ccccc1O. The summed E-state index contributed by atoms with van der Waals surface area (Å²) in [4.78, 5) is 29.8. The molecule has 0 fully saturated rings. The van der Waals surface area contributed by atoms with Gasteiger partial charge in [-0.2, -0.15) is 10.1 Å². The highest BCUT2D eigenvalue weighted by Crippen LogP contribution is 2.20. The number of rotatable bonds is 5. The lowest BCUT2D eigenvalue weighted by Crippen LogP contribution is -2.37. The Morgan fingerprint density at radius 2 is 1.78 bits per heavy atom. The monoisotopic (exact) mass is 452 g/mol. The van der Waals surface area contributed by atoms with E-state index in [1.165, 1.54) is 11.6 Å². The van der Waals surface area contributed by atoms with Crippen LogP contribution in [-0.2, 0) is 20.6 Å². The Morgan fingerprint density at radius 1 is 1.09 bits per heavy atom. The zero-order valence-electron chi connectivity index (χ0n) is 17.7. The maximum atomic E-state index is 13.0. The van der Waals surface area contributed by atoms with Gasteiger partial charge in [0.15, 0.2) is 11.2 Å². The van der Waals surface area contributed by atoms with E-state index >= 15 is 0 Å². The Kier molecular flexibility index (Phi) is 5.58. The van der Waals surface area contributed by atoms with Crippen LogP contribution in [0, 0.1) is 0 Å². The molecule has 0 bridgehead atoms. The lowest BCUT2D eigenvalue weighted by atomic mass is 10.1. The van der Waals surface area contributed by atoms with Gasteiger partial charge in [0, 0.05) is 24.7 Å². The van der Waals surface area contributed by atoms with Gasteiger partial charge in [0.2, 0.25) is 5.95 Å². The summed E-state index contributed by atoms with van der Waals surface area (Å²) in [5.74, 6) is 0.379. The van der Waals surface area contributed by atoms with E-state index in [1.807, 2.05) is 12.1 Å². The molecule has 2 aromatic heterocycles. The molecule has 0 spiro atoms. The largest absolute Gasteiger partial charge is 0.507 e. The molecule has 0 aliphatic heterocycles. The van der Waals surface area contributed by atoms with Gasteiger partial charge in [-0.3, -0.25) is 18.5 Å². The molecule has 4 rings (SSSR count). The molecule has 0 saturated carbocycles. The van der Waals surface area contributed by atoms with E-state index in [2.05, 4.69) is 15.5 Å². The first kappa shape index (κ1) is 21.4. The predicted octanol–water partition coefficient (Wildman–Crippen LogP) is 2.68. The number of aryl methyl sites for hydroxylation is 1. The third kappa shape index (κ3) is 3.78. The van der Waals surface area contributed by atoms with Crippen molar-refractivity contribution in [2.24, 2.45) is 19.2 Å². The summed E-state index contributed by atoms with van der Waals surface area (Å²) in [7, 11) is 2.99. The van der Waals surface area contributed by atoms with E-state index in [0.717, 1.165) is 10.1 Å². The van der Waals surface area contributed by atoms with Crippen molar-refractivity contribution in [1.82, 2.24) is 18.7 Å². The number of para-hydroxylation sites is 1. The molecule has 2 aromatic carbocycles. The maximum Gasteiger partial charge on any atom is 0.332 e. The number of nitrogens with zero attached hydrogens (tertiary/aromatic N) is 5. The molecule has 2 heterocycles. The van der Waals surface area contributed by atoms with E-state index < -0.39 is 11.2 Å². The highest BCUT2D eigenvalue weighted by molar-refractivity contribution is 6.30. The highest BCUT2D eigenvalue weighted by Gasteiger charge is 2.19. The minimum absolute atomic E-state index is 0.0986. The van der Waals surface area contributed by atoms with Gasteiger partial charge in [0.1, 0.15) is 5.75 Å². The van der Waals surface area contributed by atoms with Crippen molar-refractivity contribution in [3.8, 4) is 5.75 Å². The second kappa shape index (κ2) is 8.35. The third-order valence-corrected chi connectivity index (χ3v) is 5.47. The molecule has 0 amide bonds. The number of aromatic nitrogens is 4. The molecule has 0 saturated heterocycles. The van der Waals surface area contributed by atoms with Crippen molar-refractivity contribution in [3.05, 3.63) is 85.5 Å². The highest BCUT2D eigenvalue weighted by atomic mass is 35.5. The van der Waals surface area contributed by atoms with Gasteiger partial charge in [-0.15, -0.1) is 0 Å². The van der Waals surface area contributed by atoms with E-state index in [4.69, 9.17) is 11.6 Å². The lowest BCUT2D eigenvalue weighted by molar-refractivity contribution is 0.474. The fourth-order valence-corrected chi connectivity index (χ4v) is 3.56. The Labute approximate surface area is 187 Å². The standard InChI is InChI=1S/C22H21ClN6O3/c1-13(16-6-4-5-7-17(16)30)25-26-21-24-19-18(20(31)28(3)22(32)27(19)2)29(21)12-14-8-10-15(23)11-9-14/h4-11,30H,12H2,1-3H3,(H,24,26)/b25-13-. The fraction of sp³-hybridized carbons (Fsp3) is 0.182. The Bertz CT molecular complexity index is 1460. The quantitative estimate of drug-likeness (QED) is 0.357. The van der Waals surface area contributed by atoms with E-state index in [0.29, 0.717) is 22.8 Å². The van der Waals surface area contributed by atoms with Crippen LogP contribution in [0.4, 0.5) is 5.95 Å². The second-order valence-electron chi connectivity index (χ2n) is 7.35. The van der Waals surface area contributed by atoms with Gasteiger partial charge >= 0.3 is 5.69 Å². The van der Waals surface area contributed by atoms with Gasteiger partial charge in [-0.25, -0.2) is 10.2 Å². The van der Waals surface area contributed by atoms with Gasteiger partial charge in [0.05, 0.1) is 12.3 Å². The van der Waals surface area contributed by atoms with Crippen molar-refractivity contribution in [2.45, 2.75) is 13.5 Å². The number of imidazole rings is 1. The second-order valence-corrected chi connectivity index (χ2v) is 7.79. The molecule has 32 heavy (non-hydrogen) atoms. The lowest BCUT2D eigenvalue weighted by Gasteiger charge is -2.10. The number of nitrogens with one attached hydrogen (secondary N) is 1. The summed E-state index contributed by atoms with van der Waals surface area (Å²) < 4.78 is 4.03. The van der Waals surface area contributed by atoms with Crippen LogP contribution in [-0.4, -0.2) is 29.5 Å².